The van der Waals surface area contributed by atoms with Crippen molar-refractivity contribution in [3.63, 3.8) is 0 Å². The lowest BCUT2D eigenvalue weighted by Crippen LogP contribution is -2.44. The van der Waals surface area contributed by atoms with Crippen LogP contribution < -0.4 is 11.1 Å². The lowest BCUT2D eigenvalue weighted by atomic mass is 9.91. The van der Waals surface area contributed by atoms with Gasteiger partial charge in [0.15, 0.2) is 0 Å². The smallest absolute Gasteiger partial charge is 0.0966 e. The summed E-state index contributed by atoms with van der Waals surface area (Å²) in [6.45, 7) is 4.61. The minimum atomic E-state index is -0.575. The number of aliphatic hydroxyl groups excluding tert-OH is 1. The van der Waals surface area contributed by atoms with E-state index in [0.29, 0.717) is 6.54 Å². The third kappa shape index (κ3) is 3.38. The summed E-state index contributed by atoms with van der Waals surface area (Å²) < 4.78 is 0. The molecule has 3 heteroatoms. The highest BCUT2D eigenvalue weighted by molar-refractivity contribution is 5.46. The van der Waals surface area contributed by atoms with E-state index in [9.17, 15) is 5.11 Å². The van der Waals surface area contributed by atoms with Crippen LogP contribution in [0.4, 0.5) is 5.69 Å². The molecule has 0 fully saturated rings. The Labute approximate surface area is 120 Å². The first-order chi connectivity index (χ1) is 9.50. The lowest BCUT2D eigenvalue weighted by Gasteiger charge is -2.32. The molecule has 0 spiro atoms. The van der Waals surface area contributed by atoms with Gasteiger partial charge in [0.2, 0.25) is 0 Å². The number of para-hydroxylation sites is 1. The fourth-order valence-electron chi connectivity index (χ4n) is 2.17. The monoisotopic (exact) mass is 270 g/mol. The van der Waals surface area contributed by atoms with Crippen molar-refractivity contribution in [2.45, 2.75) is 32.0 Å². The molecular weight excluding hydrogens is 248 g/mol. The van der Waals surface area contributed by atoms with Crippen molar-refractivity contribution >= 4 is 5.69 Å². The summed E-state index contributed by atoms with van der Waals surface area (Å²) in [6.07, 6.45) is -0.575. The van der Waals surface area contributed by atoms with Crippen LogP contribution in [-0.2, 0) is 6.54 Å². The number of anilines is 1. The molecule has 0 aromatic heterocycles. The number of hydrogen-bond donors (Lipinski definition) is 3. The average molecular weight is 270 g/mol. The van der Waals surface area contributed by atoms with Crippen LogP contribution in [0.1, 0.15) is 31.1 Å². The standard InChI is InChI=1S/C17H22N2O/c1-17(2,16(20)13-8-4-3-5-9-13)19-12-14-10-6-7-11-15(14)18/h3-11,16,19-20H,12,18H2,1-2H3/t16-/m1/s1. The highest BCUT2D eigenvalue weighted by Gasteiger charge is 2.28. The molecule has 0 heterocycles. The molecule has 0 unspecified atom stereocenters. The first-order valence-electron chi connectivity index (χ1n) is 6.82. The van der Waals surface area contributed by atoms with Crippen molar-refractivity contribution in [1.29, 1.82) is 0 Å². The van der Waals surface area contributed by atoms with Crippen LogP contribution in [0.2, 0.25) is 0 Å². The van der Waals surface area contributed by atoms with E-state index in [4.69, 9.17) is 5.73 Å². The Morgan fingerprint density at radius 2 is 1.65 bits per heavy atom. The molecular formula is C17H22N2O. The molecule has 0 aliphatic rings. The molecule has 0 saturated carbocycles. The molecule has 20 heavy (non-hydrogen) atoms. The number of aliphatic hydroxyl groups is 1. The normalized spacial score (nSPS) is 13.2. The third-order valence-corrected chi connectivity index (χ3v) is 3.59. The van der Waals surface area contributed by atoms with Crippen LogP contribution in [0.5, 0.6) is 0 Å². The van der Waals surface area contributed by atoms with Gasteiger partial charge in [-0.3, -0.25) is 0 Å². The molecule has 2 aromatic rings. The predicted octanol–water partition coefficient (Wildman–Crippen LogP) is 2.87. The molecule has 1 atom stereocenters. The maximum atomic E-state index is 10.5. The Morgan fingerprint density at radius 3 is 2.30 bits per heavy atom. The largest absolute Gasteiger partial charge is 0.398 e. The molecule has 0 aliphatic carbocycles. The second-order valence-electron chi connectivity index (χ2n) is 5.59. The van der Waals surface area contributed by atoms with E-state index in [2.05, 4.69) is 5.32 Å². The second-order valence-corrected chi connectivity index (χ2v) is 5.59. The molecule has 2 rings (SSSR count). The summed E-state index contributed by atoms with van der Waals surface area (Å²) in [4.78, 5) is 0. The number of nitrogen functional groups attached to an aromatic ring is 1. The fraction of sp³-hybridized carbons (Fsp3) is 0.294. The number of nitrogens with one attached hydrogen (secondary N) is 1. The van der Waals surface area contributed by atoms with Gasteiger partial charge in [-0.15, -0.1) is 0 Å². The van der Waals surface area contributed by atoms with Crippen molar-refractivity contribution in [2.75, 3.05) is 5.73 Å². The number of nitrogens with two attached hydrogens (primary N) is 1. The Bertz CT molecular complexity index is 552. The van der Waals surface area contributed by atoms with Gasteiger partial charge in [0.25, 0.3) is 0 Å². The molecule has 0 saturated heterocycles. The van der Waals surface area contributed by atoms with Gasteiger partial charge in [0.1, 0.15) is 0 Å². The van der Waals surface area contributed by atoms with Crippen LogP contribution in [0.3, 0.4) is 0 Å². The summed E-state index contributed by atoms with van der Waals surface area (Å²) >= 11 is 0. The number of hydrogen-bond acceptors (Lipinski definition) is 3. The van der Waals surface area contributed by atoms with Gasteiger partial charge < -0.3 is 16.2 Å². The van der Waals surface area contributed by atoms with Crippen LogP contribution in [0, 0.1) is 0 Å². The summed E-state index contributed by atoms with van der Waals surface area (Å²) in [7, 11) is 0. The maximum Gasteiger partial charge on any atom is 0.0966 e. The van der Waals surface area contributed by atoms with Gasteiger partial charge in [-0.05, 0) is 31.0 Å². The Kier molecular flexibility index (Phi) is 4.42. The SMILES string of the molecule is CC(C)(NCc1ccccc1N)[C@H](O)c1ccccc1. The summed E-state index contributed by atoms with van der Waals surface area (Å²) in [5.74, 6) is 0. The lowest BCUT2D eigenvalue weighted by molar-refractivity contribution is 0.0792. The van der Waals surface area contributed by atoms with E-state index in [0.717, 1.165) is 16.8 Å². The van der Waals surface area contributed by atoms with Gasteiger partial charge >= 0.3 is 0 Å². The highest BCUT2D eigenvalue weighted by atomic mass is 16.3. The first-order valence-corrected chi connectivity index (χ1v) is 6.82. The molecule has 0 bridgehead atoms. The van der Waals surface area contributed by atoms with E-state index >= 15 is 0 Å². The summed E-state index contributed by atoms with van der Waals surface area (Å²) in [6, 6.07) is 17.5. The van der Waals surface area contributed by atoms with Crippen molar-refractivity contribution in [3.8, 4) is 0 Å². The zero-order chi connectivity index (χ0) is 14.6. The van der Waals surface area contributed by atoms with E-state index in [1.54, 1.807) is 0 Å². The van der Waals surface area contributed by atoms with Gasteiger partial charge in [0, 0.05) is 17.8 Å². The van der Waals surface area contributed by atoms with Crippen LogP contribution in [0.15, 0.2) is 54.6 Å². The van der Waals surface area contributed by atoms with Gasteiger partial charge in [-0.2, -0.15) is 0 Å². The van der Waals surface area contributed by atoms with Gasteiger partial charge in [-0.1, -0.05) is 48.5 Å². The van der Waals surface area contributed by atoms with E-state index in [1.165, 1.54) is 0 Å². The highest BCUT2D eigenvalue weighted by Crippen LogP contribution is 2.26. The van der Waals surface area contributed by atoms with Crippen LogP contribution >= 0.6 is 0 Å². The quantitative estimate of drug-likeness (QED) is 0.732. The second kappa shape index (κ2) is 6.07. The van der Waals surface area contributed by atoms with Gasteiger partial charge in [0.05, 0.1) is 6.10 Å². The Balaban J connectivity index is 2.06. The van der Waals surface area contributed by atoms with Gasteiger partial charge in [-0.25, -0.2) is 0 Å². The summed E-state index contributed by atoms with van der Waals surface area (Å²) in [5, 5.41) is 13.9. The minimum absolute atomic E-state index is 0.441. The molecule has 106 valence electrons. The number of rotatable bonds is 5. The van der Waals surface area contributed by atoms with Crippen molar-refractivity contribution in [2.24, 2.45) is 0 Å². The maximum absolute atomic E-state index is 10.5. The minimum Gasteiger partial charge on any atom is -0.398 e. The predicted molar refractivity (Wildman–Crippen MR) is 83.2 cm³/mol. The van der Waals surface area contributed by atoms with Crippen LogP contribution in [0.25, 0.3) is 0 Å². The molecule has 0 aliphatic heterocycles. The Morgan fingerprint density at radius 1 is 1.05 bits per heavy atom. The zero-order valence-electron chi connectivity index (χ0n) is 12.0. The zero-order valence-corrected chi connectivity index (χ0v) is 12.0. The molecule has 2 aromatic carbocycles. The topological polar surface area (TPSA) is 58.3 Å². The fourth-order valence-corrected chi connectivity index (χ4v) is 2.17. The van der Waals surface area contributed by atoms with E-state index < -0.39 is 11.6 Å². The van der Waals surface area contributed by atoms with Crippen molar-refractivity contribution < 1.29 is 5.11 Å². The van der Waals surface area contributed by atoms with E-state index in [1.807, 2.05) is 68.4 Å². The average Bonchev–Trinajstić information content (AvgIpc) is 2.46. The molecule has 0 amide bonds. The van der Waals surface area contributed by atoms with Crippen LogP contribution in [-0.4, -0.2) is 10.6 Å². The first kappa shape index (κ1) is 14.6. The molecule has 3 nitrogen and oxygen atoms in total. The number of benzene rings is 2. The third-order valence-electron chi connectivity index (χ3n) is 3.59. The van der Waals surface area contributed by atoms with Crippen molar-refractivity contribution in [1.82, 2.24) is 5.32 Å². The molecule has 4 N–H and O–H groups in total. The van der Waals surface area contributed by atoms with Crippen molar-refractivity contribution in [3.05, 3.63) is 65.7 Å². The molecule has 0 radical (unpaired) electrons. The Hall–Kier alpha value is -1.84. The summed E-state index contributed by atoms with van der Waals surface area (Å²) in [5.41, 5.74) is 8.21. The van der Waals surface area contributed by atoms with E-state index in [-0.39, 0.29) is 0 Å².